The molecule has 5 rings (SSSR count). The van der Waals surface area contributed by atoms with E-state index in [-0.39, 0.29) is 24.0 Å². The molecule has 0 spiro atoms. The fraction of sp³-hybridized carbons (Fsp3) is 0.185. The third kappa shape index (κ3) is 4.02. The Hall–Kier alpha value is -3.86. The Balaban J connectivity index is 1.28. The molecule has 0 radical (unpaired) electrons. The molecule has 1 N–H and O–H groups in total. The van der Waals surface area contributed by atoms with Crippen molar-refractivity contribution in [2.45, 2.75) is 25.3 Å². The van der Waals surface area contributed by atoms with Gasteiger partial charge in [-0.1, -0.05) is 54.6 Å². The molecule has 0 bridgehead atoms. The number of hydrogen-bond acceptors (Lipinski definition) is 4. The second kappa shape index (κ2) is 8.71. The highest BCUT2D eigenvalue weighted by molar-refractivity contribution is 5.83. The van der Waals surface area contributed by atoms with Gasteiger partial charge in [0, 0.05) is 6.07 Å². The van der Waals surface area contributed by atoms with Gasteiger partial charge in [0.25, 0.3) is 5.91 Å². The first kappa shape index (κ1) is 20.1. The van der Waals surface area contributed by atoms with E-state index in [0.29, 0.717) is 22.3 Å². The predicted octanol–water partition coefficient (Wildman–Crippen LogP) is 5.03. The summed E-state index contributed by atoms with van der Waals surface area (Å²) in [5.74, 6) is 0.306. The Bertz CT molecular complexity index is 1330. The number of nitrogens with one attached hydrogen (secondary N) is 1. The van der Waals surface area contributed by atoms with Crippen LogP contribution in [-0.4, -0.2) is 12.5 Å². The number of ether oxygens (including phenoxy) is 1. The number of carbonyl (C=O) groups excluding carboxylic acids is 1. The summed E-state index contributed by atoms with van der Waals surface area (Å²) in [7, 11) is 0. The van der Waals surface area contributed by atoms with Crippen LogP contribution in [-0.2, 0) is 11.2 Å². The van der Waals surface area contributed by atoms with Gasteiger partial charge in [-0.2, -0.15) is 0 Å². The molecule has 0 unspecified atom stereocenters. The van der Waals surface area contributed by atoms with E-state index in [0.717, 1.165) is 24.8 Å². The Morgan fingerprint density at radius 1 is 1.03 bits per heavy atom. The van der Waals surface area contributed by atoms with Gasteiger partial charge in [-0.25, -0.2) is 0 Å². The number of benzene rings is 3. The lowest BCUT2D eigenvalue weighted by Crippen LogP contribution is -2.34. The van der Waals surface area contributed by atoms with Gasteiger partial charge in [0.1, 0.15) is 17.6 Å². The maximum absolute atomic E-state index is 12.9. The molecule has 3 aromatic carbocycles. The number of carbonyl (C=O) groups is 1. The van der Waals surface area contributed by atoms with Gasteiger partial charge in [-0.05, 0) is 48.1 Å². The van der Waals surface area contributed by atoms with Crippen LogP contribution in [0.1, 0.15) is 30.0 Å². The van der Waals surface area contributed by atoms with Crippen LogP contribution in [0, 0.1) is 0 Å². The van der Waals surface area contributed by atoms with Crippen molar-refractivity contribution in [3.8, 4) is 16.9 Å². The van der Waals surface area contributed by atoms with Crippen molar-refractivity contribution in [2.75, 3.05) is 6.61 Å². The van der Waals surface area contributed by atoms with Crippen molar-refractivity contribution in [2.24, 2.45) is 0 Å². The zero-order valence-electron chi connectivity index (χ0n) is 17.5. The summed E-state index contributed by atoms with van der Waals surface area (Å²) < 4.78 is 11.4. The maximum Gasteiger partial charge on any atom is 0.258 e. The van der Waals surface area contributed by atoms with Crippen molar-refractivity contribution in [3.63, 3.8) is 0 Å². The third-order valence-electron chi connectivity index (χ3n) is 5.91. The van der Waals surface area contributed by atoms with Crippen LogP contribution < -0.4 is 15.5 Å². The first-order valence-corrected chi connectivity index (χ1v) is 10.8. The molecule has 0 saturated heterocycles. The van der Waals surface area contributed by atoms with Crippen LogP contribution in [0.15, 0.2) is 88.3 Å². The molecule has 32 heavy (non-hydrogen) atoms. The molecule has 1 aromatic heterocycles. The molecule has 1 aliphatic carbocycles. The Kier molecular flexibility index (Phi) is 5.46. The predicted molar refractivity (Wildman–Crippen MR) is 124 cm³/mol. The van der Waals surface area contributed by atoms with Crippen LogP contribution in [0.2, 0.25) is 0 Å². The number of aryl methyl sites for hydroxylation is 1. The second-order valence-corrected chi connectivity index (χ2v) is 8.00. The molecule has 0 aliphatic heterocycles. The van der Waals surface area contributed by atoms with Crippen LogP contribution in [0.5, 0.6) is 5.75 Å². The summed E-state index contributed by atoms with van der Waals surface area (Å²) in [6.07, 6.45) is 4.50. The van der Waals surface area contributed by atoms with E-state index < -0.39 is 0 Å². The zero-order valence-corrected chi connectivity index (χ0v) is 17.5. The van der Waals surface area contributed by atoms with E-state index in [1.165, 1.54) is 17.4 Å². The largest absolute Gasteiger partial charge is 0.484 e. The lowest BCUT2D eigenvalue weighted by atomic mass is 9.88. The summed E-state index contributed by atoms with van der Waals surface area (Å²) in [6, 6.07) is 22.7. The summed E-state index contributed by atoms with van der Waals surface area (Å²) in [4.78, 5) is 25.4. The summed E-state index contributed by atoms with van der Waals surface area (Å²) in [5.41, 5.74) is 4.13. The van der Waals surface area contributed by atoms with E-state index in [4.69, 9.17) is 9.15 Å². The van der Waals surface area contributed by atoms with E-state index in [2.05, 4.69) is 17.4 Å². The van der Waals surface area contributed by atoms with Gasteiger partial charge < -0.3 is 14.5 Å². The Morgan fingerprint density at radius 2 is 1.84 bits per heavy atom. The number of amides is 1. The van der Waals surface area contributed by atoms with Crippen molar-refractivity contribution in [1.29, 1.82) is 0 Å². The molecular formula is C27H23NO4. The standard InChI is InChI=1S/C27H23NO4/c29-26(28-24-12-6-10-18-9-4-5-11-21(18)24)17-31-20-13-14-22-25(15-20)32-16-23(27(22)30)19-7-2-1-3-8-19/h1-5,7-9,11,13-16,24H,6,10,12,17H2,(H,28,29)/t24-/m0/s1. The monoisotopic (exact) mass is 425 g/mol. The first-order valence-electron chi connectivity index (χ1n) is 10.8. The second-order valence-electron chi connectivity index (χ2n) is 8.00. The normalized spacial score (nSPS) is 15.2. The van der Waals surface area contributed by atoms with Crippen molar-refractivity contribution >= 4 is 16.9 Å². The van der Waals surface area contributed by atoms with E-state index in [1.807, 2.05) is 42.5 Å². The summed E-state index contributed by atoms with van der Waals surface area (Å²) in [5, 5.41) is 3.55. The first-order chi connectivity index (χ1) is 15.7. The molecule has 1 heterocycles. The average Bonchev–Trinajstić information content (AvgIpc) is 2.84. The fourth-order valence-corrected chi connectivity index (χ4v) is 4.30. The molecule has 0 fully saturated rings. The number of fused-ring (bicyclic) bond motifs is 2. The van der Waals surface area contributed by atoms with E-state index >= 15 is 0 Å². The van der Waals surface area contributed by atoms with Gasteiger partial charge in [0.15, 0.2) is 12.0 Å². The average molecular weight is 425 g/mol. The fourth-order valence-electron chi connectivity index (χ4n) is 4.30. The lowest BCUT2D eigenvalue weighted by Gasteiger charge is -2.26. The van der Waals surface area contributed by atoms with Gasteiger partial charge in [-0.3, -0.25) is 9.59 Å². The van der Waals surface area contributed by atoms with Crippen molar-refractivity contribution in [3.05, 3.63) is 100 Å². The van der Waals surface area contributed by atoms with Crippen molar-refractivity contribution < 1.29 is 13.9 Å². The van der Waals surface area contributed by atoms with Crippen LogP contribution >= 0.6 is 0 Å². The van der Waals surface area contributed by atoms with E-state index in [1.54, 1.807) is 18.2 Å². The van der Waals surface area contributed by atoms with Crippen LogP contribution in [0.3, 0.4) is 0 Å². The molecular weight excluding hydrogens is 402 g/mol. The minimum absolute atomic E-state index is 0.0158. The third-order valence-corrected chi connectivity index (χ3v) is 5.91. The maximum atomic E-state index is 12.9. The van der Waals surface area contributed by atoms with Gasteiger partial charge >= 0.3 is 0 Å². The highest BCUT2D eigenvalue weighted by atomic mass is 16.5. The molecule has 1 amide bonds. The Morgan fingerprint density at radius 3 is 2.72 bits per heavy atom. The van der Waals surface area contributed by atoms with Gasteiger partial charge in [-0.15, -0.1) is 0 Å². The molecule has 1 aliphatic rings. The van der Waals surface area contributed by atoms with Crippen LogP contribution in [0.4, 0.5) is 0 Å². The quantitative estimate of drug-likeness (QED) is 0.487. The topological polar surface area (TPSA) is 68.5 Å². The minimum atomic E-state index is -0.173. The highest BCUT2D eigenvalue weighted by Gasteiger charge is 2.21. The molecule has 5 heteroatoms. The molecule has 4 aromatic rings. The zero-order chi connectivity index (χ0) is 21.9. The summed E-state index contributed by atoms with van der Waals surface area (Å²) >= 11 is 0. The van der Waals surface area contributed by atoms with Gasteiger partial charge in [0.05, 0.1) is 17.0 Å². The summed E-state index contributed by atoms with van der Waals surface area (Å²) in [6.45, 7) is -0.101. The van der Waals surface area contributed by atoms with Crippen LogP contribution in [0.25, 0.3) is 22.1 Å². The molecule has 1 atom stereocenters. The molecule has 160 valence electrons. The molecule has 5 nitrogen and oxygen atoms in total. The highest BCUT2D eigenvalue weighted by Crippen LogP contribution is 2.29. The Labute approximate surface area is 185 Å². The van der Waals surface area contributed by atoms with E-state index in [9.17, 15) is 9.59 Å². The number of rotatable bonds is 5. The SMILES string of the molecule is O=C(COc1ccc2c(=O)c(-c3ccccc3)coc2c1)N[C@H]1CCCc2ccccc21. The van der Waals surface area contributed by atoms with Crippen molar-refractivity contribution in [1.82, 2.24) is 5.32 Å². The lowest BCUT2D eigenvalue weighted by molar-refractivity contribution is -0.123. The minimum Gasteiger partial charge on any atom is -0.484 e. The smallest absolute Gasteiger partial charge is 0.258 e. The van der Waals surface area contributed by atoms with Gasteiger partial charge in [0.2, 0.25) is 0 Å². The molecule has 0 saturated carbocycles. The number of hydrogen-bond donors (Lipinski definition) is 1.